The lowest BCUT2D eigenvalue weighted by molar-refractivity contribution is -0.117. The summed E-state index contributed by atoms with van der Waals surface area (Å²) in [6, 6.07) is 9.43. The van der Waals surface area contributed by atoms with E-state index in [2.05, 4.69) is 10.3 Å². The van der Waals surface area contributed by atoms with Crippen LogP contribution in [-0.4, -0.2) is 15.5 Å². The van der Waals surface area contributed by atoms with Crippen LogP contribution in [-0.2, 0) is 11.3 Å². The highest BCUT2D eigenvalue weighted by molar-refractivity contribution is 5.91. The quantitative estimate of drug-likeness (QED) is 0.698. The van der Waals surface area contributed by atoms with E-state index in [1.807, 2.05) is 38.3 Å². The number of carbonyl (C=O) groups excluding carboxylic acids is 1. The number of fused-ring (bicyclic) bond motifs is 1. The first-order chi connectivity index (χ1) is 12.6. The van der Waals surface area contributed by atoms with E-state index in [9.17, 15) is 13.6 Å². The first kappa shape index (κ1) is 19.0. The maximum Gasteiger partial charge on any atom is 0.226 e. The second-order valence-corrected chi connectivity index (χ2v) is 8.01. The molecule has 0 saturated heterocycles. The first-order valence-corrected chi connectivity index (χ1v) is 8.83. The van der Waals surface area contributed by atoms with Crippen molar-refractivity contribution in [3.8, 4) is 0 Å². The molecule has 142 valence electrons. The van der Waals surface area contributed by atoms with Crippen LogP contribution in [0.25, 0.3) is 11.0 Å². The van der Waals surface area contributed by atoms with Gasteiger partial charge in [-0.15, -0.1) is 0 Å². The lowest BCUT2D eigenvalue weighted by Crippen LogP contribution is -2.20. The van der Waals surface area contributed by atoms with Crippen molar-refractivity contribution in [2.75, 3.05) is 5.32 Å². The van der Waals surface area contributed by atoms with Gasteiger partial charge in [-0.05, 0) is 36.1 Å². The number of aromatic nitrogens is 2. The zero-order valence-corrected chi connectivity index (χ0v) is 15.9. The number of hydrogen-bond acceptors (Lipinski definition) is 2. The van der Waals surface area contributed by atoms with Gasteiger partial charge in [0.05, 0.1) is 11.0 Å². The average molecular weight is 371 g/mol. The molecular weight excluding hydrogens is 348 g/mol. The molecule has 0 fully saturated rings. The highest BCUT2D eigenvalue weighted by Crippen LogP contribution is 2.25. The number of nitrogens with one attached hydrogen (secondary N) is 1. The average Bonchev–Trinajstić information content (AvgIpc) is 2.83. The minimum Gasteiger partial charge on any atom is -0.339 e. The maximum absolute atomic E-state index is 14.6. The van der Waals surface area contributed by atoms with Crippen molar-refractivity contribution in [3.05, 3.63) is 59.3 Å². The number of aryl methyl sites for hydroxylation is 1. The number of anilines is 1. The van der Waals surface area contributed by atoms with Crippen molar-refractivity contribution in [2.45, 2.75) is 40.7 Å². The molecule has 3 rings (SSSR count). The standard InChI is InChI=1S/C21H23F2N3O/c1-13-9-17-18(26(13)12-14-5-7-15(22)8-6-14)10-16(23)20(24-17)25-19(27)11-21(2,3)4/h5-10H,11-12H2,1-4H3,(H,24,25,27). The maximum atomic E-state index is 14.6. The van der Waals surface area contributed by atoms with Crippen LogP contribution < -0.4 is 5.32 Å². The predicted octanol–water partition coefficient (Wildman–Crippen LogP) is 5.05. The molecule has 0 saturated carbocycles. The number of hydrogen-bond donors (Lipinski definition) is 1. The summed E-state index contributed by atoms with van der Waals surface area (Å²) in [5, 5.41) is 2.57. The summed E-state index contributed by atoms with van der Waals surface area (Å²) in [5.41, 5.74) is 2.84. The van der Waals surface area contributed by atoms with E-state index >= 15 is 0 Å². The summed E-state index contributed by atoms with van der Waals surface area (Å²) in [6.07, 6.45) is 0.275. The van der Waals surface area contributed by atoms with E-state index in [1.165, 1.54) is 18.2 Å². The summed E-state index contributed by atoms with van der Waals surface area (Å²) in [7, 11) is 0. The lowest BCUT2D eigenvalue weighted by atomic mass is 9.92. The van der Waals surface area contributed by atoms with Gasteiger partial charge in [0.1, 0.15) is 5.82 Å². The fraction of sp³-hybridized carbons (Fsp3) is 0.333. The summed E-state index contributed by atoms with van der Waals surface area (Å²) in [6.45, 7) is 8.21. The molecule has 27 heavy (non-hydrogen) atoms. The fourth-order valence-corrected chi connectivity index (χ4v) is 3.01. The molecule has 2 heterocycles. The minimum absolute atomic E-state index is 0.0596. The molecule has 0 spiro atoms. The van der Waals surface area contributed by atoms with Crippen molar-refractivity contribution in [2.24, 2.45) is 5.41 Å². The fourth-order valence-electron chi connectivity index (χ4n) is 3.01. The Morgan fingerprint density at radius 1 is 1.15 bits per heavy atom. The molecule has 0 aliphatic heterocycles. The summed E-state index contributed by atoms with van der Waals surface area (Å²) in [4.78, 5) is 16.4. The number of rotatable bonds is 4. The normalized spacial score (nSPS) is 11.8. The zero-order chi connectivity index (χ0) is 19.8. The molecule has 0 bridgehead atoms. The van der Waals surface area contributed by atoms with Gasteiger partial charge in [-0.3, -0.25) is 4.79 Å². The molecule has 1 amide bonds. The van der Waals surface area contributed by atoms with Gasteiger partial charge in [-0.25, -0.2) is 13.8 Å². The van der Waals surface area contributed by atoms with Gasteiger partial charge in [0.2, 0.25) is 5.91 Å². The molecule has 0 atom stereocenters. The Hall–Kier alpha value is -2.76. The number of benzene rings is 1. The second kappa shape index (κ2) is 7.10. The Labute approximate surface area is 157 Å². The van der Waals surface area contributed by atoms with Crippen LogP contribution in [0.3, 0.4) is 0 Å². The third-order valence-corrected chi connectivity index (χ3v) is 4.25. The first-order valence-electron chi connectivity index (χ1n) is 8.83. The van der Waals surface area contributed by atoms with E-state index in [-0.39, 0.29) is 29.4 Å². The smallest absolute Gasteiger partial charge is 0.226 e. The predicted molar refractivity (Wildman–Crippen MR) is 103 cm³/mol. The van der Waals surface area contributed by atoms with Crippen molar-refractivity contribution in [1.82, 2.24) is 9.55 Å². The molecule has 6 heteroatoms. The number of pyridine rings is 1. The Balaban J connectivity index is 1.90. The third kappa shape index (κ3) is 4.51. The Kier molecular flexibility index (Phi) is 5.00. The van der Waals surface area contributed by atoms with Crippen LogP contribution in [0.2, 0.25) is 0 Å². The molecular formula is C21H23F2N3O. The molecule has 1 aromatic carbocycles. The van der Waals surface area contributed by atoms with Crippen LogP contribution >= 0.6 is 0 Å². The van der Waals surface area contributed by atoms with Gasteiger partial charge in [-0.2, -0.15) is 0 Å². The molecule has 3 aromatic rings. The van der Waals surface area contributed by atoms with Crippen LogP contribution in [0.5, 0.6) is 0 Å². The van der Waals surface area contributed by atoms with E-state index in [1.54, 1.807) is 12.1 Å². The monoisotopic (exact) mass is 371 g/mol. The van der Waals surface area contributed by atoms with Crippen molar-refractivity contribution in [1.29, 1.82) is 0 Å². The molecule has 0 aliphatic rings. The van der Waals surface area contributed by atoms with Gasteiger partial charge in [0, 0.05) is 24.7 Å². The number of nitrogens with zero attached hydrogens (tertiary/aromatic N) is 2. The van der Waals surface area contributed by atoms with E-state index < -0.39 is 5.82 Å². The topological polar surface area (TPSA) is 46.9 Å². The van der Waals surface area contributed by atoms with E-state index in [0.29, 0.717) is 17.6 Å². The van der Waals surface area contributed by atoms with Crippen LogP contribution in [0, 0.1) is 24.0 Å². The van der Waals surface area contributed by atoms with Crippen LogP contribution in [0.4, 0.5) is 14.6 Å². The summed E-state index contributed by atoms with van der Waals surface area (Å²) >= 11 is 0. The lowest BCUT2D eigenvalue weighted by Gasteiger charge is -2.17. The Bertz CT molecular complexity index is 985. The van der Waals surface area contributed by atoms with Gasteiger partial charge in [0.15, 0.2) is 11.6 Å². The van der Waals surface area contributed by atoms with Crippen molar-refractivity contribution < 1.29 is 13.6 Å². The number of carbonyl (C=O) groups is 1. The molecule has 4 nitrogen and oxygen atoms in total. The molecule has 0 unspecified atom stereocenters. The summed E-state index contributed by atoms with van der Waals surface area (Å²) in [5.74, 6) is -1.20. The number of amides is 1. The SMILES string of the molecule is Cc1cc2nc(NC(=O)CC(C)(C)C)c(F)cc2n1Cc1ccc(F)cc1. The molecule has 0 radical (unpaired) electrons. The van der Waals surface area contributed by atoms with E-state index in [0.717, 1.165) is 11.3 Å². The third-order valence-electron chi connectivity index (χ3n) is 4.25. The molecule has 1 N–H and O–H groups in total. The Morgan fingerprint density at radius 3 is 2.44 bits per heavy atom. The molecule has 0 aliphatic carbocycles. The van der Waals surface area contributed by atoms with Gasteiger partial charge >= 0.3 is 0 Å². The van der Waals surface area contributed by atoms with E-state index in [4.69, 9.17) is 0 Å². The minimum atomic E-state index is -0.580. The Morgan fingerprint density at radius 2 is 1.81 bits per heavy atom. The number of halogens is 2. The van der Waals surface area contributed by atoms with Crippen LogP contribution in [0.15, 0.2) is 36.4 Å². The van der Waals surface area contributed by atoms with Gasteiger partial charge in [0.25, 0.3) is 0 Å². The highest BCUT2D eigenvalue weighted by Gasteiger charge is 2.19. The summed E-state index contributed by atoms with van der Waals surface area (Å²) < 4.78 is 29.6. The van der Waals surface area contributed by atoms with Gasteiger partial charge < -0.3 is 9.88 Å². The zero-order valence-electron chi connectivity index (χ0n) is 15.9. The highest BCUT2D eigenvalue weighted by atomic mass is 19.1. The van der Waals surface area contributed by atoms with Crippen molar-refractivity contribution >= 4 is 22.8 Å². The molecule has 2 aromatic heterocycles. The van der Waals surface area contributed by atoms with Crippen LogP contribution in [0.1, 0.15) is 38.4 Å². The largest absolute Gasteiger partial charge is 0.339 e. The van der Waals surface area contributed by atoms with Crippen molar-refractivity contribution in [3.63, 3.8) is 0 Å². The van der Waals surface area contributed by atoms with Gasteiger partial charge in [-0.1, -0.05) is 32.9 Å². The second-order valence-electron chi connectivity index (χ2n) is 8.01.